The molecule has 8 rings (SSSR count). The summed E-state index contributed by atoms with van der Waals surface area (Å²) in [6.45, 7) is 16.6. The van der Waals surface area contributed by atoms with Crippen molar-refractivity contribution in [1.29, 1.82) is 0 Å². The number of piperazine rings is 1. The monoisotopic (exact) mass is 1420 g/mol. The van der Waals surface area contributed by atoms with Gasteiger partial charge in [-0.3, -0.25) is 33.7 Å². The molecule has 5 aromatic rings. The molecule has 0 saturated carbocycles. The number of benzene rings is 4. The van der Waals surface area contributed by atoms with Crippen LogP contribution >= 0.6 is 0 Å². The van der Waals surface area contributed by atoms with E-state index in [0.717, 1.165) is 95.2 Å². The van der Waals surface area contributed by atoms with Crippen LogP contribution in [-0.2, 0) is 56.1 Å². The number of primary amides is 1. The van der Waals surface area contributed by atoms with Gasteiger partial charge in [-0.15, -0.1) is 0 Å². The van der Waals surface area contributed by atoms with Crippen LogP contribution in [0.1, 0.15) is 145 Å². The van der Waals surface area contributed by atoms with Crippen LogP contribution in [-0.4, -0.2) is 192 Å². The smallest absolute Gasteiger partial charge is 0.410 e. The molecular weight excluding hydrogens is 1320 g/mol. The Morgan fingerprint density at radius 1 is 0.814 bits per heavy atom. The molecular formula is C76H103F3N10O13. The Morgan fingerprint density at radius 2 is 1.52 bits per heavy atom. The number of likely N-dealkylation sites (tertiary alicyclic amines) is 1. The van der Waals surface area contributed by atoms with E-state index in [0.29, 0.717) is 105 Å². The summed E-state index contributed by atoms with van der Waals surface area (Å²) in [7, 11) is 0. The maximum absolute atomic E-state index is 16.2. The molecule has 4 aromatic carbocycles. The molecule has 3 aliphatic rings. The summed E-state index contributed by atoms with van der Waals surface area (Å²) in [6.07, 6.45) is 4.73. The topological polar surface area (TPSA) is 301 Å². The van der Waals surface area contributed by atoms with Gasteiger partial charge < -0.3 is 70.2 Å². The Kier molecular flexibility index (Phi) is 32.9. The van der Waals surface area contributed by atoms with Crippen LogP contribution in [0, 0.1) is 35.3 Å². The lowest BCUT2D eigenvalue weighted by atomic mass is 9.88. The summed E-state index contributed by atoms with van der Waals surface area (Å²) in [4.78, 5) is 113. The maximum Gasteiger partial charge on any atom is 0.410 e. The fraction of sp³-hybridized carbons (Fsp3) is 0.539. The van der Waals surface area contributed by atoms with Crippen LogP contribution in [0.5, 0.6) is 5.75 Å². The first kappa shape index (κ1) is 80.7. The number of nitrogens with zero attached hydrogens (tertiary/aromatic N) is 6. The minimum atomic E-state index is -1.59. The van der Waals surface area contributed by atoms with E-state index < -0.39 is 77.6 Å². The maximum atomic E-state index is 16.2. The molecule has 0 spiro atoms. The van der Waals surface area contributed by atoms with Gasteiger partial charge in [0.15, 0.2) is 6.29 Å². The number of alkyl halides is 1. The number of hydrogen-bond donors (Lipinski definition) is 5. The summed E-state index contributed by atoms with van der Waals surface area (Å²) >= 11 is 0. The number of hydrogen-bond acceptors (Lipinski definition) is 17. The molecule has 556 valence electrons. The summed E-state index contributed by atoms with van der Waals surface area (Å²) in [5.41, 5.74) is 13.9. The van der Waals surface area contributed by atoms with Crippen LogP contribution in [0.25, 0.3) is 11.3 Å². The standard InChI is InChI=1S/C53H66F3N7O9.C23H37N3O4/c1-32(2)41(24-33(3)64)50(67)60-45(12-8-9-13-47(57)66)51(68)58-40-17-14-36(15-18-40)31-72-53(70)62-27-38(44(56)29-62)28-63(52(69)34(4)65)48(37-20-22-71-23-21-37)49-59-46(42-25-39(54)16-19-43(42)55)30-61(49)26-35-10-6-5-7-11-35;1-2-15-29-16-4-6-21(28)5-3-9-25-10-12-26(13-11-25)14-17-30-22-8-7-20(19-27)23(24)18-22/h5-7,10-11,14-19,25,30,32,34,37-38,41,44-45,48,65H,8-9,12-13,20-24,26-29,31H2,1-4H3,(H2,57,66)(H,58,68)(H,60,67);7-8,18-19H,2-6,9-17,24H2,1H3/t34-,38-,41-,44-,45-,48+;/m0./s1. The first-order chi connectivity index (χ1) is 49.0. The van der Waals surface area contributed by atoms with Gasteiger partial charge in [0, 0.05) is 151 Å². The van der Waals surface area contributed by atoms with Crippen molar-refractivity contribution in [3.05, 3.63) is 131 Å². The van der Waals surface area contributed by atoms with Gasteiger partial charge in [-0.05, 0) is 131 Å². The largest absolute Gasteiger partial charge is 0.492 e. The fourth-order valence-corrected chi connectivity index (χ4v) is 12.8. The Labute approximate surface area is 596 Å². The van der Waals surface area contributed by atoms with Gasteiger partial charge in [-0.2, -0.15) is 0 Å². The second-order valence-corrected chi connectivity index (χ2v) is 27.0. The van der Waals surface area contributed by atoms with E-state index in [2.05, 4.69) is 27.4 Å². The number of aliphatic hydroxyl groups is 1. The third-order valence-electron chi connectivity index (χ3n) is 18.6. The Bertz CT molecular complexity index is 3510. The number of halogens is 3. The average molecular weight is 1420 g/mol. The number of aromatic nitrogens is 2. The van der Waals surface area contributed by atoms with Crippen molar-refractivity contribution in [2.45, 2.75) is 149 Å². The highest BCUT2D eigenvalue weighted by molar-refractivity contribution is 5.98. The van der Waals surface area contributed by atoms with Crippen LogP contribution in [0.15, 0.2) is 97.2 Å². The van der Waals surface area contributed by atoms with Crippen LogP contribution < -0.4 is 26.8 Å². The first-order valence-electron chi connectivity index (χ1n) is 35.7. The lowest BCUT2D eigenvalue weighted by Crippen LogP contribution is -2.48. The van der Waals surface area contributed by atoms with Crippen LogP contribution in [0.3, 0.4) is 0 Å². The second-order valence-electron chi connectivity index (χ2n) is 27.0. The molecule has 3 aliphatic heterocycles. The molecule has 0 aliphatic carbocycles. The molecule has 4 heterocycles. The fourth-order valence-electron chi connectivity index (χ4n) is 12.8. The van der Waals surface area contributed by atoms with Crippen molar-refractivity contribution < 1.29 is 75.6 Å². The third kappa shape index (κ3) is 25.7. The van der Waals surface area contributed by atoms with Gasteiger partial charge in [0.2, 0.25) is 17.7 Å². The number of ketones is 2. The minimum Gasteiger partial charge on any atom is -0.492 e. The zero-order valence-electron chi connectivity index (χ0n) is 59.6. The molecule has 7 N–H and O–H groups in total. The highest BCUT2D eigenvalue weighted by Crippen LogP contribution is 2.39. The van der Waals surface area contributed by atoms with E-state index in [-0.39, 0.29) is 80.9 Å². The second kappa shape index (κ2) is 41.5. The number of unbranched alkanes of at least 4 members (excludes halogenated alkanes) is 1. The summed E-state index contributed by atoms with van der Waals surface area (Å²) in [5, 5.41) is 16.4. The lowest BCUT2D eigenvalue weighted by Gasteiger charge is -2.40. The molecule has 1 aromatic heterocycles. The van der Waals surface area contributed by atoms with E-state index in [1.807, 2.05) is 44.2 Å². The number of ether oxygens (including phenoxy) is 4. The molecule has 3 fully saturated rings. The highest BCUT2D eigenvalue weighted by Gasteiger charge is 2.44. The number of Topliss-reactive ketones (excluding diaryl/α,β-unsaturated/α-hetero) is 2. The highest BCUT2D eigenvalue weighted by atomic mass is 19.1. The number of aliphatic hydroxyl groups excluding tert-OH is 1. The van der Waals surface area contributed by atoms with Crippen molar-refractivity contribution in [3.63, 3.8) is 0 Å². The van der Waals surface area contributed by atoms with Crippen molar-refractivity contribution in [1.82, 2.24) is 34.5 Å². The number of nitrogen functional groups attached to an aromatic ring is 1. The normalized spacial score (nSPS) is 17.0. The Morgan fingerprint density at radius 3 is 2.18 bits per heavy atom. The number of nitrogens with two attached hydrogens (primary N) is 2. The SMILES string of the molecule is CC(=O)C[C@H](C(=O)N[C@@H](CCCCC(N)=O)C(=O)Nc1ccc(COC(=O)N2C[C@@H](CN(C(=O)[C@H](C)O)[C@@H](c3nc(-c4cc(F)ccc4F)cn3Cc3ccccc3)C3CCOCC3)[C@@H](F)C2)cc1)C(C)C.CCCOCCCC(=O)CCCN1CCN(CCOc2ccc(C=O)c(N)c2)CC1. The molecule has 3 saturated heterocycles. The number of anilines is 2. The van der Waals surface area contributed by atoms with Crippen molar-refractivity contribution in [2.24, 2.45) is 29.4 Å². The summed E-state index contributed by atoms with van der Waals surface area (Å²) in [5.74, 6) is -4.27. The molecule has 0 radical (unpaired) electrons. The number of carbonyl (C=O) groups excluding carboxylic acids is 8. The van der Waals surface area contributed by atoms with E-state index in [9.17, 15) is 47.9 Å². The number of imidazole rings is 1. The molecule has 0 bridgehead atoms. The first-order valence-corrected chi connectivity index (χ1v) is 35.7. The number of rotatable bonds is 38. The minimum absolute atomic E-state index is 0.0233. The zero-order valence-corrected chi connectivity index (χ0v) is 59.6. The van der Waals surface area contributed by atoms with Crippen molar-refractivity contribution in [2.75, 3.05) is 103 Å². The van der Waals surface area contributed by atoms with Crippen LogP contribution in [0.4, 0.5) is 29.3 Å². The quantitative estimate of drug-likeness (QED) is 0.0140. The molecule has 6 atom stereocenters. The van der Waals surface area contributed by atoms with Gasteiger partial charge in [0.05, 0.1) is 18.3 Å². The van der Waals surface area contributed by atoms with Crippen molar-refractivity contribution >= 4 is 58.9 Å². The zero-order chi connectivity index (χ0) is 73.7. The molecule has 23 nitrogen and oxygen atoms in total. The average Bonchev–Trinajstić information content (AvgIpc) is 1.59. The number of aldehydes is 1. The predicted octanol–water partition coefficient (Wildman–Crippen LogP) is 9.51. The van der Waals surface area contributed by atoms with Gasteiger partial charge in [0.25, 0.3) is 5.91 Å². The lowest BCUT2D eigenvalue weighted by molar-refractivity contribution is -0.145. The number of amides is 5. The van der Waals surface area contributed by atoms with Crippen molar-refractivity contribution in [3.8, 4) is 17.0 Å². The predicted molar refractivity (Wildman–Crippen MR) is 380 cm³/mol. The third-order valence-corrected chi connectivity index (χ3v) is 18.6. The van der Waals surface area contributed by atoms with Crippen LogP contribution in [0.2, 0.25) is 0 Å². The molecule has 0 unspecified atom stereocenters. The van der Waals surface area contributed by atoms with E-state index in [1.165, 1.54) is 23.6 Å². The van der Waals surface area contributed by atoms with Gasteiger partial charge in [-0.25, -0.2) is 22.9 Å². The molecule has 102 heavy (non-hydrogen) atoms. The van der Waals surface area contributed by atoms with Gasteiger partial charge >= 0.3 is 6.09 Å². The molecule has 26 heteroatoms. The summed E-state index contributed by atoms with van der Waals surface area (Å²) < 4.78 is 70.4. The van der Waals surface area contributed by atoms with E-state index in [1.54, 1.807) is 53.2 Å². The Balaban J connectivity index is 0.000000405. The van der Waals surface area contributed by atoms with Gasteiger partial charge in [0.1, 0.15) is 66.3 Å². The summed E-state index contributed by atoms with van der Waals surface area (Å²) in [6, 6.07) is 22.2. The Hall–Kier alpha value is -8.56. The van der Waals surface area contributed by atoms with E-state index >= 15 is 8.78 Å². The van der Waals surface area contributed by atoms with E-state index in [4.69, 9.17) is 35.4 Å². The number of nitrogens with one attached hydrogen (secondary N) is 2. The molecule has 5 amide bonds. The van der Waals surface area contributed by atoms with Gasteiger partial charge in [-0.1, -0.05) is 69.7 Å². The number of carbonyl (C=O) groups is 8.